The number of amides is 3. The fourth-order valence-corrected chi connectivity index (χ4v) is 3.28. The van der Waals surface area contributed by atoms with Crippen molar-refractivity contribution in [2.45, 2.75) is 18.9 Å². The molecule has 2 aliphatic heterocycles. The number of fused-ring (bicyclic) bond motifs is 1. The van der Waals surface area contributed by atoms with Crippen LogP contribution in [0.2, 0.25) is 0 Å². The Kier molecular flexibility index (Phi) is 4.19. The van der Waals surface area contributed by atoms with E-state index in [4.69, 9.17) is 0 Å². The van der Waals surface area contributed by atoms with Crippen molar-refractivity contribution < 1.29 is 18.8 Å². The summed E-state index contributed by atoms with van der Waals surface area (Å²) in [5.41, 5.74) is 2.76. The van der Waals surface area contributed by atoms with Gasteiger partial charge < -0.3 is 10.6 Å². The number of nitrogens with one attached hydrogen (secondary N) is 2. The van der Waals surface area contributed by atoms with Crippen LogP contribution in [-0.2, 0) is 16.0 Å². The van der Waals surface area contributed by atoms with Crippen LogP contribution in [0.3, 0.4) is 0 Å². The molecule has 7 heteroatoms. The Morgan fingerprint density at radius 2 is 1.93 bits per heavy atom. The smallest absolute Gasteiger partial charge is 0.325 e. The highest BCUT2D eigenvalue weighted by Gasteiger charge is 2.29. The van der Waals surface area contributed by atoms with E-state index in [1.54, 1.807) is 30.3 Å². The number of allylic oxidation sites excluding steroid dienone is 1. The Morgan fingerprint density at radius 3 is 2.70 bits per heavy atom. The van der Waals surface area contributed by atoms with Crippen molar-refractivity contribution in [2.75, 3.05) is 10.6 Å². The lowest BCUT2D eigenvalue weighted by atomic mass is 9.97. The molecule has 2 aliphatic rings. The number of anilines is 2. The predicted molar refractivity (Wildman–Crippen MR) is 97.5 cm³/mol. The van der Waals surface area contributed by atoms with Crippen LogP contribution < -0.4 is 10.6 Å². The maximum atomic E-state index is 13.2. The standard InChI is InChI=1S/C20H16FN3O3/c21-14-4-1-12(2-5-14)18-11-16(25)7-8-24(18)20(27)22-15-6-3-13-9-19(26)23-17(13)10-15/h1-8,10,18H,9,11H2,(H,22,27)(H,23,26). The lowest BCUT2D eigenvalue weighted by molar-refractivity contribution is -0.116. The van der Waals surface area contributed by atoms with E-state index in [9.17, 15) is 18.8 Å². The third-order valence-corrected chi connectivity index (χ3v) is 4.63. The van der Waals surface area contributed by atoms with Gasteiger partial charge in [0.2, 0.25) is 5.91 Å². The van der Waals surface area contributed by atoms with Crippen LogP contribution >= 0.6 is 0 Å². The van der Waals surface area contributed by atoms with Gasteiger partial charge in [-0.05, 0) is 41.5 Å². The fourth-order valence-electron chi connectivity index (χ4n) is 3.28. The first-order valence-corrected chi connectivity index (χ1v) is 8.48. The van der Waals surface area contributed by atoms with Crippen molar-refractivity contribution in [1.29, 1.82) is 0 Å². The second-order valence-corrected chi connectivity index (χ2v) is 6.49. The highest BCUT2D eigenvalue weighted by molar-refractivity contribution is 6.01. The number of carbonyl (C=O) groups is 3. The molecular formula is C20H16FN3O3. The molecular weight excluding hydrogens is 349 g/mol. The quantitative estimate of drug-likeness (QED) is 0.856. The van der Waals surface area contributed by atoms with E-state index in [1.165, 1.54) is 29.3 Å². The average molecular weight is 365 g/mol. The Balaban J connectivity index is 1.56. The van der Waals surface area contributed by atoms with Gasteiger partial charge in [-0.3, -0.25) is 14.5 Å². The third kappa shape index (κ3) is 3.44. The Morgan fingerprint density at radius 1 is 1.15 bits per heavy atom. The zero-order valence-corrected chi connectivity index (χ0v) is 14.2. The summed E-state index contributed by atoms with van der Waals surface area (Å²) in [7, 11) is 0. The molecule has 1 unspecified atom stereocenters. The zero-order valence-electron chi connectivity index (χ0n) is 14.2. The van der Waals surface area contributed by atoms with Gasteiger partial charge in [0, 0.05) is 24.0 Å². The van der Waals surface area contributed by atoms with Crippen molar-refractivity contribution in [3.05, 3.63) is 71.7 Å². The molecule has 0 fully saturated rings. The number of benzene rings is 2. The van der Waals surface area contributed by atoms with Crippen LogP contribution in [0.15, 0.2) is 54.7 Å². The molecule has 0 aromatic heterocycles. The van der Waals surface area contributed by atoms with Crippen LogP contribution in [0, 0.1) is 5.82 Å². The predicted octanol–water partition coefficient (Wildman–Crippen LogP) is 3.38. The van der Waals surface area contributed by atoms with Gasteiger partial charge in [-0.15, -0.1) is 0 Å². The van der Waals surface area contributed by atoms with Crippen molar-refractivity contribution in [3.63, 3.8) is 0 Å². The molecule has 136 valence electrons. The normalized spacial score (nSPS) is 18.3. The first-order chi connectivity index (χ1) is 13.0. The maximum Gasteiger partial charge on any atom is 0.326 e. The summed E-state index contributed by atoms with van der Waals surface area (Å²) in [6.07, 6.45) is 3.23. The number of ketones is 1. The van der Waals surface area contributed by atoms with Gasteiger partial charge in [-0.2, -0.15) is 0 Å². The van der Waals surface area contributed by atoms with E-state index in [0.717, 1.165) is 5.56 Å². The number of urea groups is 1. The van der Waals surface area contributed by atoms with E-state index in [0.29, 0.717) is 23.4 Å². The summed E-state index contributed by atoms with van der Waals surface area (Å²) < 4.78 is 13.2. The molecule has 1 atom stereocenters. The molecule has 2 aromatic rings. The van der Waals surface area contributed by atoms with Gasteiger partial charge in [-0.25, -0.2) is 9.18 Å². The number of halogens is 1. The Bertz CT molecular complexity index is 969. The molecule has 0 spiro atoms. The first-order valence-electron chi connectivity index (χ1n) is 8.48. The van der Waals surface area contributed by atoms with Crippen LogP contribution in [0.25, 0.3) is 0 Å². The van der Waals surface area contributed by atoms with E-state index in [-0.39, 0.29) is 23.9 Å². The average Bonchev–Trinajstić information content (AvgIpc) is 3.01. The molecule has 0 radical (unpaired) electrons. The SMILES string of the molecule is O=C1C=CN(C(=O)Nc2ccc3c(c2)NC(=O)C3)C(c2ccc(F)cc2)C1. The van der Waals surface area contributed by atoms with Gasteiger partial charge in [0.15, 0.2) is 5.78 Å². The molecule has 0 saturated carbocycles. The third-order valence-electron chi connectivity index (χ3n) is 4.63. The van der Waals surface area contributed by atoms with Crippen LogP contribution in [0.5, 0.6) is 0 Å². The number of hydrogen-bond donors (Lipinski definition) is 2. The molecule has 2 aromatic carbocycles. The topological polar surface area (TPSA) is 78.5 Å². The van der Waals surface area contributed by atoms with Gasteiger partial charge in [0.05, 0.1) is 12.5 Å². The summed E-state index contributed by atoms with van der Waals surface area (Å²) in [4.78, 5) is 37.5. The molecule has 2 heterocycles. The molecule has 0 saturated heterocycles. The van der Waals surface area contributed by atoms with Crippen LogP contribution in [0.4, 0.5) is 20.6 Å². The zero-order chi connectivity index (χ0) is 19.0. The number of nitrogens with zero attached hydrogens (tertiary/aromatic N) is 1. The molecule has 2 N–H and O–H groups in total. The minimum Gasteiger partial charge on any atom is -0.325 e. The Labute approximate surface area is 154 Å². The van der Waals surface area contributed by atoms with E-state index >= 15 is 0 Å². The number of hydrogen-bond acceptors (Lipinski definition) is 3. The minimum absolute atomic E-state index is 0.0812. The van der Waals surface area contributed by atoms with Crippen molar-refractivity contribution >= 4 is 29.1 Å². The summed E-state index contributed by atoms with van der Waals surface area (Å²) in [6, 6.07) is 10.0. The van der Waals surface area contributed by atoms with Gasteiger partial charge >= 0.3 is 6.03 Å². The Hall–Kier alpha value is -3.48. The second kappa shape index (κ2) is 6.68. The van der Waals surface area contributed by atoms with Crippen molar-refractivity contribution in [2.24, 2.45) is 0 Å². The van der Waals surface area contributed by atoms with Gasteiger partial charge in [-0.1, -0.05) is 18.2 Å². The minimum atomic E-state index is -0.516. The summed E-state index contributed by atoms with van der Waals surface area (Å²) in [5, 5.41) is 5.52. The van der Waals surface area contributed by atoms with Crippen molar-refractivity contribution in [1.82, 2.24) is 4.90 Å². The van der Waals surface area contributed by atoms with E-state index in [1.807, 2.05) is 0 Å². The summed E-state index contributed by atoms with van der Waals surface area (Å²) in [5.74, 6) is -0.566. The first kappa shape index (κ1) is 17.0. The largest absolute Gasteiger partial charge is 0.326 e. The highest BCUT2D eigenvalue weighted by Crippen LogP contribution is 2.30. The van der Waals surface area contributed by atoms with Gasteiger partial charge in [0.1, 0.15) is 5.82 Å². The molecule has 4 rings (SSSR count). The van der Waals surface area contributed by atoms with Gasteiger partial charge in [0.25, 0.3) is 0 Å². The molecule has 0 bridgehead atoms. The van der Waals surface area contributed by atoms with Crippen LogP contribution in [0.1, 0.15) is 23.6 Å². The monoisotopic (exact) mass is 365 g/mol. The fraction of sp³-hybridized carbons (Fsp3) is 0.150. The summed E-state index contributed by atoms with van der Waals surface area (Å²) >= 11 is 0. The maximum absolute atomic E-state index is 13.2. The van der Waals surface area contributed by atoms with Crippen LogP contribution in [-0.4, -0.2) is 22.6 Å². The molecule has 0 aliphatic carbocycles. The molecule has 3 amide bonds. The summed E-state index contributed by atoms with van der Waals surface area (Å²) in [6.45, 7) is 0. The molecule has 27 heavy (non-hydrogen) atoms. The van der Waals surface area contributed by atoms with E-state index < -0.39 is 12.1 Å². The lowest BCUT2D eigenvalue weighted by Crippen LogP contribution is -2.37. The van der Waals surface area contributed by atoms with Crippen molar-refractivity contribution in [3.8, 4) is 0 Å². The van der Waals surface area contributed by atoms with E-state index in [2.05, 4.69) is 10.6 Å². The number of rotatable bonds is 2. The second-order valence-electron chi connectivity index (χ2n) is 6.49. The highest BCUT2D eigenvalue weighted by atomic mass is 19.1. The number of carbonyl (C=O) groups excluding carboxylic acids is 3. The molecule has 6 nitrogen and oxygen atoms in total. The lowest BCUT2D eigenvalue weighted by Gasteiger charge is -2.31.